The van der Waals surface area contributed by atoms with Crippen molar-refractivity contribution in [3.05, 3.63) is 0 Å². The van der Waals surface area contributed by atoms with Crippen molar-refractivity contribution in [3.63, 3.8) is 0 Å². The van der Waals surface area contributed by atoms with Crippen LogP contribution in [0.1, 0.15) is 0 Å². The van der Waals surface area contributed by atoms with E-state index in [1.807, 2.05) is 0 Å². The van der Waals surface area contributed by atoms with Crippen LogP contribution in [-0.2, 0) is 18.4 Å². The minimum atomic E-state index is -4.09. The highest BCUT2D eigenvalue weighted by molar-refractivity contribution is 7.55. The fraction of sp³-hybridized carbons (Fsp3) is 0.750. The number of rotatable bonds is 4. The summed E-state index contributed by atoms with van der Waals surface area (Å²) in [5.41, 5.74) is 0. The third-order valence-corrected chi connectivity index (χ3v) is 2.78. The first-order valence-electron chi connectivity index (χ1n) is 2.56. The Balaban J connectivity index is 4.51. The van der Waals surface area contributed by atoms with E-state index in [0.717, 1.165) is 14.2 Å². The average Bonchev–Trinajstić information content (AvgIpc) is 2.01. The molecule has 0 aromatic heterocycles. The monoisotopic (exact) mass is 186 g/mol. The average molecular weight is 186 g/mol. The maximum Gasteiger partial charge on any atom is 0.375 e. The van der Waals surface area contributed by atoms with E-state index >= 15 is 0 Å². The van der Waals surface area contributed by atoms with Crippen molar-refractivity contribution in [2.45, 2.75) is 5.91 Å². The molecule has 0 aliphatic heterocycles. The highest BCUT2D eigenvalue weighted by Crippen LogP contribution is 2.52. The second-order valence-electron chi connectivity index (χ2n) is 1.58. The van der Waals surface area contributed by atoms with Gasteiger partial charge in [-0.2, -0.15) is 0 Å². The Bertz CT molecular complexity index is 185. The van der Waals surface area contributed by atoms with Gasteiger partial charge in [-0.05, 0) is 0 Å². The van der Waals surface area contributed by atoms with E-state index in [2.05, 4.69) is 9.05 Å². The quantitative estimate of drug-likeness (QED) is 0.659. The number of halogens is 1. The summed E-state index contributed by atoms with van der Waals surface area (Å²) in [6, 6.07) is 0. The van der Waals surface area contributed by atoms with Crippen LogP contribution in [0.4, 0.5) is 4.39 Å². The molecule has 0 aromatic carbocycles. The van der Waals surface area contributed by atoms with Crippen molar-refractivity contribution < 1.29 is 27.9 Å². The Morgan fingerprint density at radius 3 is 2.00 bits per heavy atom. The van der Waals surface area contributed by atoms with Crippen molar-refractivity contribution in [3.8, 4) is 0 Å². The van der Waals surface area contributed by atoms with Gasteiger partial charge in [0, 0.05) is 14.2 Å². The van der Waals surface area contributed by atoms with Gasteiger partial charge in [0.15, 0.2) is 0 Å². The summed E-state index contributed by atoms with van der Waals surface area (Å²) in [5.74, 6) is -4.49. The molecule has 0 bridgehead atoms. The molecular weight excluding hydrogens is 178 g/mol. The molecule has 0 spiro atoms. The predicted molar refractivity (Wildman–Crippen MR) is 34.2 cm³/mol. The second-order valence-corrected chi connectivity index (χ2v) is 3.84. The molecule has 1 unspecified atom stereocenters. The van der Waals surface area contributed by atoms with Gasteiger partial charge in [-0.15, -0.1) is 0 Å². The lowest BCUT2D eigenvalue weighted by atomic mass is 10.8. The summed E-state index contributed by atoms with van der Waals surface area (Å²) in [7, 11) is -2.26. The van der Waals surface area contributed by atoms with Gasteiger partial charge in [-0.3, -0.25) is 4.57 Å². The molecule has 0 aliphatic carbocycles. The van der Waals surface area contributed by atoms with Gasteiger partial charge in [0.2, 0.25) is 0 Å². The van der Waals surface area contributed by atoms with Crippen LogP contribution >= 0.6 is 7.60 Å². The number of aliphatic carboxylic acids is 1. The molecular formula is C4H8FO5P. The molecule has 1 atom stereocenters. The smallest absolute Gasteiger partial charge is 0.375 e. The molecule has 11 heavy (non-hydrogen) atoms. The molecule has 0 fully saturated rings. The van der Waals surface area contributed by atoms with Crippen LogP contribution < -0.4 is 0 Å². The van der Waals surface area contributed by atoms with Crippen molar-refractivity contribution in [2.75, 3.05) is 14.2 Å². The fourth-order valence-electron chi connectivity index (χ4n) is 0.395. The van der Waals surface area contributed by atoms with E-state index < -0.39 is 19.5 Å². The van der Waals surface area contributed by atoms with Gasteiger partial charge in [0.1, 0.15) is 0 Å². The highest BCUT2D eigenvalue weighted by Gasteiger charge is 2.40. The SMILES string of the molecule is COP(=O)(OC)C(F)C(=O)O. The molecule has 0 radical (unpaired) electrons. The lowest BCUT2D eigenvalue weighted by Gasteiger charge is -2.13. The summed E-state index contributed by atoms with van der Waals surface area (Å²) < 4.78 is 31.5. The van der Waals surface area contributed by atoms with Crippen LogP contribution in [-0.4, -0.2) is 31.2 Å². The first-order valence-corrected chi connectivity index (χ1v) is 4.17. The van der Waals surface area contributed by atoms with E-state index in [1.54, 1.807) is 0 Å². The van der Waals surface area contributed by atoms with Gasteiger partial charge in [0.25, 0.3) is 5.91 Å². The number of hydrogen-bond acceptors (Lipinski definition) is 4. The summed E-state index contributed by atoms with van der Waals surface area (Å²) >= 11 is 0. The minimum Gasteiger partial charge on any atom is -0.479 e. The van der Waals surface area contributed by atoms with Gasteiger partial charge < -0.3 is 14.2 Å². The molecule has 0 heterocycles. The molecule has 0 aromatic rings. The standard InChI is InChI=1S/C4H8FO5P/c1-9-11(8,10-2)3(5)4(6)7/h3H,1-2H3,(H,6,7). The molecule has 7 heteroatoms. The fourth-order valence-corrected chi connectivity index (χ4v) is 1.18. The summed E-state index contributed by atoms with van der Waals surface area (Å²) in [4.78, 5) is 9.96. The maximum absolute atomic E-state index is 12.5. The van der Waals surface area contributed by atoms with Crippen molar-refractivity contribution in [1.29, 1.82) is 0 Å². The van der Waals surface area contributed by atoms with Crippen LogP contribution in [0.25, 0.3) is 0 Å². The first kappa shape index (κ1) is 10.6. The van der Waals surface area contributed by atoms with Crippen molar-refractivity contribution in [2.24, 2.45) is 0 Å². The van der Waals surface area contributed by atoms with E-state index in [4.69, 9.17) is 5.11 Å². The highest BCUT2D eigenvalue weighted by atomic mass is 31.2. The molecule has 0 saturated carbocycles. The number of carboxylic acid groups (broad SMARTS) is 1. The number of carbonyl (C=O) groups is 1. The molecule has 66 valence electrons. The van der Waals surface area contributed by atoms with Crippen LogP contribution in [0, 0.1) is 0 Å². The molecule has 0 rings (SSSR count). The third-order valence-electron chi connectivity index (χ3n) is 0.990. The van der Waals surface area contributed by atoms with Gasteiger partial charge in [-0.25, -0.2) is 9.18 Å². The lowest BCUT2D eigenvalue weighted by Crippen LogP contribution is -2.16. The maximum atomic E-state index is 12.5. The van der Waals surface area contributed by atoms with E-state index in [1.165, 1.54) is 0 Å². The summed E-state index contributed by atoms with van der Waals surface area (Å²) in [6.07, 6.45) is 0. The summed E-state index contributed by atoms with van der Waals surface area (Å²) in [6.45, 7) is 0. The largest absolute Gasteiger partial charge is 0.479 e. The van der Waals surface area contributed by atoms with E-state index in [-0.39, 0.29) is 0 Å². The Labute approximate surface area is 62.6 Å². The normalized spacial score (nSPS) is 14.5. The lowest BCUT2D eigenvalue weighted by molar-refractivity contribution is -0.140. The van der Waals surface area contributed by atoms with Crippen LogP contribution in [0.3, 0.4) is 0 Å². The molecule has 0 aliphatic rings. The number of carboxylic acids is 1. The van der Waals surface area contributed by atoms with Crippen LogP contribution in [0.2, 0.25) is 0 Å². The topological polar surface area (TPSA) is 72.8 Å². The Kier molecular flexibility index (Phi) is 3.65. The van der Waals surface area contributed by atoms with Crippen LogP contribution in [0.15, 0.2) is 0 Å². The van der Waals surface area contributed by atoms with E-state index in [9.17, 15) is 13.8 Å². The minimum absolute atomic E-state index is 0.916. The van der Waals surface area contributed by atoms with Crippen molar-refractivity contribution >= 4 is 13.6 Å². The summed E-state index contributed by atoms with van der Waals surface area (Å²) in [5, 5.41) is 8.07. The Morgan fingerprint density at radius 1 is 1.55 bits per heavy atom. The predicted octanol–water partition coefficient (Wildman–Crippen LogP) is 0.853. The van der Waals surface area contributed by atoms with Gasteiger partial charge >= 0.3 is 13.6 Å². The molecule has 0 amide bonds. The Morgan fingerprint density at radius 2 is 1.91 bits per heavy atom. The zero-order chi connectivity index (χ0) is 9.07. The second kappa shape index (κ2) is 3.80. The number of hydrogen-bond donors (Lipinski definition) is 1. The van der Waals surface area contributed by atoms with Gasteiger partial charge in [-0.1, -0.05) is 0 Å². The molecule has 0 saturated heterocycles. The number of alkyl halides is 1. The zero-order valence-electron chi connectivity index (χ0n) is 5.98. The molecule has 1 N–H and O–H groups in total. The van der Waals surface area contributed by atoms with Crippen LogP contribution in [0.5, 0.6) is 0 Å². The Hall–Kier alpha value is -0.450. The van der Waals surface area contributed by atoms with Crippen molar-refractivity contribution in [1.82, 2.24) is 0 Å². The van der Waals surface area contributed by atoms with Gasteiger partial charge in [0.05, 0.1) is 0 Å². The zero-order valence-corrected chi connectivity index (χ0v) is 6.88. The first-order chi connectivity index (χ1) is 4.98. The third kappa shape index (κ3) is 2.25. The van der Waals surface area contributed by atoms with E-state index in [0.29, 0.717) is 0 Å². The molecule has 5 nitrogen and oxygen atoms in total.